The molecule has 0 N–H and O–H groups in total. The van der Waals surface area contributed by atoms with E-state index in [9.17, 15) is 0 Å². The molecule has 0 unspecified atom stereocenters. The van der Waals surface area contributed by atoms with Crippen molar-refractivity contribution in [2.45, 2.75) is 25.5 Å². The lowest BCUT2D eigenvalue weighted by molar-refractivity contribution is 0.491. The zero-order valence-corrected chi connectivity index (χ0v) is 11.3. The van der Waals surface area contributed by atoms with Crippen LogP contribution in [0.3, 0.4) is 0 Å². The number of rotatable bonds is 3. The second-order valence-electron chi connectivity index (χ2n) is 4.22. The highest BCUT2D eigenvalue weighted by Gasteiger charge is 2.13. The van der Waals surface area contributed by atoms with Crippen LogP contribution in [0.15, 0.2) is 33.9 Å². The Morgan fingerprint density at radius 1 is 1.22 bits per heavy atom. The van der Waals surface area contributed by atoms with Gasteiger partial charge in [0.25, 0.3) is 5.22 Å². The van der Waals surface area contributed by atoms with Gasteiger partial charge in [-0.05, 0) is 25.5 Å². The summed E-state index contributed by atoms with van der Waals surface area (Å²) in [5.41, 5.74) is 3.63. The van der Waals surface area contributed by atoms with E-state index in [1.165, 1.54) is 0 Å². The maximum atomic E-state index is 5.88. The SMILES string of the molecule is CCCSc1nc2c(C)nc3ccccc3c2o1. The maximum Gasteiger partial charge on any atom is 0.256 e. The van der Waals surface area contributed by atoms with Crippen molar-refractivity contribution >= 4 is 33.8 Å². The number of aromatic nitrogens is 2. The molecule has 0 atom stereocenters. The van der Waals surface area contributed by atoms with Crippen LogP contribution >= 0.6 is 11.8 Å². The predicted octanol–water partition coefficient (Wildman–Crippen LogP) is 4.19. The summed E-state index contributed by atoms with van der Waals surface area (Å²) in [6.45, 7) is 4.13. The maximum absolute atomic E-state index is 5.88. The van der Waals surface area contributed by atoms with Gasteiger partial charge in [0.1, 0.15) is 5.52 Å². The molecule has 3 nitrogen and oxygen atoms in total. The fourth-order valence-corrected chi connectivity index (χ4v) is 2.65. The second-order valence-corrected chi connectivity index (χ2v) is 5.27. The minimum Gasteiger partial charge on any atom is -0.431 e. The third-order valence-corrected chi connectivity index (χ3v) is 3.85. The summed E-state index contributed by atoms with van der Waals surface area (Å²) in [6.07, 6.45) is 1.11. The van der Waals surface area contributed by atoms with Gasteiger partial charge in [-0.25, -0.2) is 4.98 Å². The Balaban J connectivity index is 2.24. The van der Waals surface area contributed by atoms with E-state index < -0.39 is 0 Å². The smallest absolute Gasteiger partial charge is 0.256 e. The average molecular weight is 258 g/mol. The number of benzene rings is 1. The monoisotopic (exact) mass is 258 g/mol. The number of fused-ring (bicyclic) bond motifs is 3. The molecule has 0 aliphatic carbocycles. The fraction of sp³-hybridized carbons (Fsp3) is 0.286. The Labute approximate surface area is 110 Å². The van der Waals surface area contributed by atoms with Crippen LogP contribution in [0.5, 0.6) is 0 Å². The lowest BCUT2D eigenvalue weighted by atomic mass is 10.2. The second kappa shape index (κ2) is 4.61. The Bertz CT molecular complexity index is 705. The third kappa shape index (κ3) is 1.86. The first-order valence-electron chi connectivity index (χ1n) is 6.08. The molecule has 2 aromatic heterocycles. The van der Waals surface area contributed by atoms with Crippen LogP contribution in [0.25, 0.3) is 22.0 Å². The van der Waals surface area contributed by atoms with Crippen molar-refractivity contribution in [3.63, 3.8) is 0 Å². The van der Waals surface area contributed by atoms with Crippen LogP contribution < -0.4 is 0 Å². The van der Waals surface area contributed by atoms with E-state index in [2.05, 4.69) is 16.9 Å². The fourth-order valence-electron chi connectivity index (χ4n) is 1.98. The number of aryl methyl sites for hydroxylation is 1. The summed E-state index contributed by atoms with van der Waals surface area (Å²) in [6, 6.07) is 8.02. The van der Waals surface area contributed by atoms with Crippen molar-refractivity contribution in [2.24, 2.45) is 0 Å². The summed E-state index contributed by atoms with van der Waals surface area (Å²) < 4.78 is 5.88. The Morgan fingerprint density at radius 3 is 2.89 bits per heavy atom. The van der Waals surface area contributed by atoms with E-state index >= 15 is 0 Å². The summed E-state index contributed by atoms with van der Waals surface area (Å²) in [4.78, 5) is 9.10. The molecule has 0 bridgehead atoms. The number of pyridine rings is 1. The average Bonchev–Trinajstić information content (AvgIpc) is 2.81. The zero-order chi connectivity index (χ0) is 12.5. The minimum atomic E-state index is 0.744. The Hall–Kier alpha value is -1.55. The molecule has 18 heavy (non-hydrogen) atoms. The Kier molecular flexibility index (Phi) is 2.96. The van der Waals surface area contributed by atoms with E-state index in [0.717, 1.165) is 45.1 Å². The van der Waals surface area contributed by atoms with Gasteiger partial charge in [-0.15, -0.1) is 0 Å². The molecule has 0 spiro atoms. The molecule has 0 fully saturated rings. The highest BCUT2D eigenvalue weighted by Crippen LogP contribution is 2.30. The first-order valence-corrected chi connectivity index (χ1v) is 7.07. The number of hydrogen-bond acceptors (Lipinski definition) is 4. The molecule has 0 radical (unpaired) electrons. The number of nitrogens with zero attached hydrogens (tertiary/aromatic N) is 2. The van der Waals surface area contributed by atoms with Gasteiger partial charge >= 0.3 is 0 Å². The van der Waals surface area contributed by atoms with E-state index in [0.29, 0.717) is 0 Å². The minimum absolute atomic E-state index is 0.744. The van der Waals surface area contributed by atoms with Gasteiger partial charge in [-0.3, -0.25) is 4.98 Å². The molecule has 0 saturated heterocycles. The zero-order valence-electron chi connectivity index (χ0n) is 10.4. The normalized spacial score (nSPS) is 11.4. The molecule has 4 heteroatoms. The highest BCUT2D eigenvalue weighted by molar-refractivity contribution is 7.99. The van der Waals surface area contributed by atoms with E-state index in [4.69, 9.17) is 4.42 Å². The van der Waals surface area contributed by atoms with Crippen LogP contribution in [-0.4, -0.2) is 15.7 Å². The Morgan fingerprint density at radius 2 is 2.06 bits per heavy atom. The van der Waals surface area contributed by atoms with Gasteiger partial charge in [0.2, 0.25) is 0 Å². The summed E-state index contributed by atoms with van der Waals surface area (Å²) in [7, 11) is 0. The number of oxazole rings is 1. The summed E-state index contributed by atoms with van der Waals surface area (Å²) in [5.74, 6) is 1.03. The number of hydrogen-bond donors (Lipinski definition) is 0. The highest BCUT2D eigenvalue weighted by atomic mass is 32.2. The van der Waals surface area contributed by atoms with Crippen molar-refractivity contribution < 1.29 is 4.42 Å². The quantitative estimate of drug-likeness (QED) is 0.660. The van der Waals surface area contributed by atoms with Crippen LogP contribution in [-0.2, 0) is 0 Å². The standard InChI is InChI=1S/C14H14N2OS/c1-3-8-18-14-16-12-9(2)15-11-7-5-4-6-10(11)13(12)17-14/h4-7H,3,8H2,1-2H3. The van der Waals surface area contributed by atoms with Crippen LogP contribution in [0.1, 0.15) is 19.0 Å². The molecule has 2 heterocycles. The van der Waals surface area contributed by atoms with Crippen molar-refractivity contribution in [1.82, 2.24) is 9.97 Å². The molecule has 92 valence electrons. The van der Waals surface area contributed by atoms with E-state index in [-0.39, 0.29) is 0 Å². The molecular weight excluding hydrogens is 244 g/mol. The lowest BCUT2D eigenvalue weighted by Gasteiger charge is -1.98. The van der Waals surface area contributed by atoms with Gasteiger partial charge < -0.3 is 4.42 Å². The third-order valence-electron chi connectivity index (χ3n) is 2.82. The van der Waals surface area contributed by atoms with Crippen molar-refractivity contribution in [3.05, 3.63) is 30.0 Å². The summed E-state index contributed by atoms with van der Waals surface area (Å²) >= 11 is 1.66. The largest absolute Gasteiger partial charge is 0.431 e. The van der Waals surface area contributed by atoms with Gasteiger partial charge in [-0.1, -0.05) is 30.8 Å². The summed E-state index contributed by atoms with van der Waals surface area (Å²) in [5, 5.41) is 1.78. The van der Waals surface area contributed by atoms with Crippen LogP contribution in [0.4, 0.5) is 0 Å². The lowest BCUT2D eigenvalue weighted by Crippen LogP contribution is -1.85. The molecule has 0 saturated carbocycles. The van der Waals surface area contributed by atoms with Gasteiger partial charge in [0, 0.05) is 11.1 Å². The first kappa shape index (κ1) is 11.5. The predicted molar refractivity (Wildman–Crippen MR) is 75.1 cm³/mol. The first-order chi connectivity index (χ1) is 8.79. The molecule has 3 rings (SSSR count). The molecule has 0 aliphatic heterocycles. The van der Waals surface area contributed by atoms with Crippen LogP contribution in [0.2, 0.25) is 0 Å². The number of para-hydroxylation sites is 1. The van der Waals surface area contributed by atoms with Crippen molar-refractivity contribution in [2.75, 3.05) is 5.75 Å². The molecule has 1 aromatic carbocycles. The number of thioether (sulfide) groups is 1. The molecule has 3 aromatic rings. The van der Waals surface area contributed by atoms with E-state index in [1.807, 2.05) is 31.2 Å². The van der Waals surface area contributed by atoms with Gasteiger partial charge in [0.05, 0.1) is 11.2 Å². The van der Waals surface area contributed by atoms with Gasteiger partial charge in [-0.2, -0.15) is 0 Å². The van der Waals surface area contributed by atoms with E-state index in [1.54, 1.807) is 11.8 Å². The van der Waals surface area contributed by atoms with Gasteiger partial charge in [0.15, 0.2) is 5.58 Å². The van der Waals surface area contributed by atoms with Crippen molar-refractivity contribution in [3.8, 4) is 0 Å². The molecule has 0 aliphatic rings. The van der Waals surface area contributed by atoms with Crippen LogP contribution in [0, 0.1) is 6.92 Å². The van der Waals surface area contributed by atoms with Crippen molar-refractivity contribution in [1.29, 1.82) is 0 Å². The molecule has 0 amide bonds. The topological polar surface area (TPSA) is 38.9 Å². The molecular formula is C14H14N2OS.